The summed E-state index contributed by atoms with van der Waals surface area (Å²) in [7, 11) is -4.73. The molecule has 0 aliphatic heterocycles. The van der Waals surface area contributed by atoms with Crippen LogP contribution in [-0.2, 0) is 20.6 Å². The molecule has 5 N–H and O–H groups in total. The highest BCUT2D eigenvalue weighted by atomic mass is 31.2. The Bertz CT molecular complexity index is 791. The zero-order chi connectivity index (χ0) is 17.9. The van der Waals surface area contributed by atoms with Crippen molar-refractivity contribution in [3.8, 4) is 5.75 Å². The van der Waals surface area contributed by atoms with Crippen LogP contribution in [0.25, 0.3) is 0 Å². The van der Waals surface area contributed by atoms with Gasteiger partial charge >= 0.3 is 7.75 Å². The van der Waals surface area contributed by atoms with Gasteiger partial charge in [-0.15, -0.1) is 0 Å². The molecule has 0 amide bonds. The molecule has 0 atom stereocenters. The Morgan fingerprint density at radius 3 is 2.58 bits per heavy atom. The van der Waals surface area contributed by atoms with Crippen LogP contribution >= 0.6 is 7.75 Å². The van der Waals surface area contributed by atoms with E-state index in [9.17, 15) is 24.4 Å². The van der Waals surface area contributed by atoms with Gasteiger partial charge in [0, 0.05) is 18.2 Å². The van der Waals surface area contributed by atoms with Gasteiger partial charge in [0.25, 0.3) is 0 Å². The Labute approximate surface area is 137 Å². The third-order valence-corrected chi connectivity index (χ3v) is 3.88. The zero-order valence-corrected chi connectivity index (χ0v) is 13.4. The number of Topliss-reactive ketones (excluding diaryl/α,β-unsaturated/α-hetero) is 1. The van der Waals surface area contributed by atoms with Gasteiger partial charge in [0.05, 0.1) is 12.0 Å². The van der Waals surface area contributed by atoms with E-state index in [1.807, 2.05) is 5.09 Å². The second kappa shape index (κ2) is 7.00. The first-order valence-corrected chi connectivity index (χ1v) is 8.59. The van der Waals surface area contributed by atoms with Gasteiger partial charge in [-0.2, -0.15) is 0 Å². The molecule has 2 rings (SSSR count). The highest BCUT2D eigenvalue weighted by Crippen LogP contribution is 2.34. The van der Waals surface area contributed by atoms with Gasteiger partial charge < -0.3 is 20.0 Å². The van der Waals surface area contributed by atoms with Crippen LogP contribution in [-0.4, -0.2) is 31.6 Å². The fourth-order valence-electron chi connectivity index (χ4n) is 2.37. The molecule has 0 fully saturated rings. The van der Waals surface area contributed by atoms with Crippen molar-refractivity contribution in [3.05, 3.63) is 52.9 Å². The summed E-state index contributed by atoms with van der Waals surface area (Å²) in [4.78, 5) is 41.8. The lowest BCUT2D eigenvalue weighted by Crippen LogP contribution is -2.23. The standard InChI is InChI=1S/C15H16NO7P/c17-10-3-1-2-9(6-10)4-5-13(19)15-12(16-24(21,22)23)7-11(18)8-14(15)20/h1-3,6,8,17,20H,4-5,7H2,(H3,16,21,22,23). The molecule has 0 heterocycles. The molecular formula is C15H16NO7P. The van der Waals surface area contributed by atoms with E-state index in [2.05, 4.69) is 0 Å². The number of allylic oxidation sites excluding steroid dienone is 3. The number of aliphatic hydroxyl groups is 1. The Balaban J connectivity index is 2.22. The Morgan fingerprint density at radius 2 is 1.96 bits per heavy atom. The highest BCUT2D eigenvalue weighted by molar-refractivity contribution is 7.49. The highest BCUT2D eigenvalue weighted by Gasteiger charge is 2.28. The summed E-state index contributed by atoms with van der Waals surface area (Å²) in [5, 5.41) is 21.1. The minimum Gasteiger partial charge on any atom is -0.508 e. The van der Waals surface area contributed by atoms with Gasteiger partial charge in [0.2, 0.25) is 0 Å². The molecule has 0 saturated heterocycles. The second-order valence-corrected chi connectivity index (χ2v) is 6.59. The smallest absolute Gasteiger partial charge is 0.427 e. The summed E-state index contributed by atoms with van der Waals surface area (Å²) in [6, 6.07) is 6.29. The van der Waals surface area contributed by atoms with Gasteiger partial charge in [-0.25, -0.2) is 4.57 Å². The quantitative estimate of drug-likeness (QED) is 0.481. The summed E-state index contributed by atoms with van der Waals surface area (Å²) < 4.78 is 11.1. The van der Waals surface area contributed by atoms with Crippen molar-refractivity contribution >= 4 is 19.3 Å². The number of phenols is 1. The lowest BCUT2D eigenvalue weighted by atomic mass is 9.94. The van der Waals surface area contributed by atoms with Crippen molar-refractivity contribution in [2.24, 2.45) is 0 Å². The topological polar surface area (TPSA) is 144 Å². The molecule has 8 nitrogen and oxygen atoms in total. The lowest BCUT2D eigenvalue weighted by Gasteiger charge is -2.19. The normalized spacial score (nSPS) is 15.2. The molecule has 24 heavy (non-hydrogen) atoms. The minimum absolute atomic E-state index is 0.0500. The number of aliphatic hydroxyl groups excluding tert-OH is 1. The first-order valence-electron chi connectivity index (χ1n) is 6.97. The first kappa shape index (κ1) is 17.9. The van der Waals surface area contributed by atoms with E-state index in [-0.39, 0.29) is 29.9 Å². The van der Waals surface area contributed by atoms with Gasteiger partial charge in [-0.05, 0) is 24.1 Å². The fraction of sp³-hybridized carbons (Fsp3) is 0.200. The van der Waals surface area contributed by atoms with Crippen LogP contribution in [0, 0.1) is 0 Å². The van der Waals surface area contributed by atoms with Crippen LogP contribution in [0.3, 0.4) is 0 Å². The number of aryl methyl sites for hydroxylation is 1. The molecule has 0 saturated carbocycles. The average Bonchev–Trinajstić information content (AvgIpc) is 2.42. The molecule has 0 spiro atoms. The lowest BCUT2D eigenvalue weighted by molar-refractivity contribution is -0.115. The Hall–Kier alpha value is -2.41. The third-order valence-electron chi connectivity index (χ3n) is 3.32. The van der Waals surface area contributed by atoms with Crippen LogP contribution in [0.1, 0.15) is 18.4 Å². The number of hydrogen-bond acceptors (Lipinski definition) is 5. The van der Waals surface area contributed by atoms with E-state index >= 15 is 0 Å². The number of benzene rings is 1. The molecule has 9 heteroatoms. The molecule has 1 aromatic carbocycles. The van der Waals surface area contributed by atoms with E-state index in [0.717, 1.165) is 6.08 Å². The van der Waals surface area contributed by atoms with Crippen LogP contribution in [0.2, 0.25) is 0 Å². The molecule has 0 unspecified atom stereocenters. The van der Waals surface area contributed by atoms with Crippen LogP contribution in [0.4, 0.5) is 0 Å². The fourth-order valence-corrected chi connectivity index (χ4v) is 2.91. The second-order valence-electron chi connectivity index (χ2n) is 5.28. The third kappa shape index (κ3) is 4.79. The number of hydrogen-bond donors (Lipinski definition) is 5. The van der Waals surface area contributed by atoms with Crippen LogP contribution in [0.5, 0.6) is 5.75 Å². The molecular weight excluding hydrogens is 337 g/mol. The van der Waals surface area contributed by atoms with E-state index in [1.165, 1.54) is 12.1 Å². The molecule has 0 aromatic heterocycles. The molecule has 0 bridgehead atoms. The van der Waals surface area contributed by atoms with E-state index in [4.69, 9.17) is 9.79 Å². The van der Waals surface area contributed by atoms with Gasteiger partial charge in [-0.3, -0.25) is 14.7 Å². The zero-order valence-electron chi connectivity index (χ0n) is 12.5. The molecule has 1 aliphatic carbocycles. The van der Waals surface area contributed by atoms with Crippen molar-refractivity contribution in [1.29, 1.82) is 0 Å². The van der Waals surface area contributed by atoms with Gasteiger partial charge in [-0.1, -0.05) is 12.1 Å². The number of aromatic hydroxyl groups is 1. The summed E-state index contributed by atoms with van der Waals surface area (Å²) in [6.45, 7) is 0. The van der Waals surface area contributed by atoms with Gasteiger partial charge in [0.15, 0.2) is 11.6 Å². The van der Waals surface area contributed by atoms with Crippen molar-refractivity contribution < 1.29 is 34.2 Å². The number of phenolic OH excluding ortho intramolecular Hbond substituents is 1. The number of rotatable bonds is 6. The number of carbonyl (C=O) groups is 2. The summed E-state index contributed by atoms with van der Waals surface area (Å²) in [6.07, 6.45) is 0.618. The maximum atomic E-state index is 12.3. The first-order chi connectivity index (χ1) is 11.2. The largest absolute Gasteiger partial charge is 0.508 e. The molecule has 1 aromatic rings. The van der Waals surface area contributed by atoms with E-state index in [1.54, 1.807) is 12.1 Å². The molecule has 128 valence electrons. The van der Waals surface area contributed by atoms with Crippen molar-refractivity contribution in [3.63, 3.8) is 0 Å². The number of ketones is 2. The SMILES string of the molecule is O=C1C=C(O)C(C(=O)CCc2cccc(O)c2)=C(NP(=O)(O)O)C1. The predicted octanol–water partition coefficient (Wildman–Crippen LogP) is 1.24. The van der Waals surface area contributed by atoms with Crippen molar-refractivity contribution in [1.82, 2.24) is 5.09 Å². The summed E-state index contributed by atoms with van der Waals surface area (Å²) in [5.74, 6) is -1.72. The van der Waals surface area contributed by atoms with Gasteiger partial charge in [0.1, 0.15) is 11.5 Å². The van der Waals surface area contributed by atoms with Crippen molar-refractivity contribution in [2.75, 3.05) is 0 Å². The maximum absolute atomic E-state index is 12.3. The maximum Gasteiger partial charge on any atom is 0.427 e. The van der Waals surface area contributed by atoms with E-state index in [0.29, 0.717) is 5.56 Å². The predicted molar refractivity (Wildman–Crippen MR) is 84.0 cm³/mol. The monoisotopic (exact) mass is 353 g/mol. The average molecular weight is 353 g/mol. The summed E-state index contributed by atoms with van der Waals surface area (Å²) in [5.41, 5.74) is 0.0797. The minimum atomic E-state index is -4.73. The number of nitrogens with one attached hydrogen (secondary N) is 1. The molecule has 1 aliphatic rings. The Kier molecular flexibility index (Phi) is 5.23. The van der Waals surface area contributed by atoms with Crippen molar-refractivity contribution in [2.45, 2.75) is 19.3 Å². The van der Waals surface area contributed by atoms with E-state index < -0.39 is 31.5 Å². The summed E-state index contributed by atoms with van der Waals surface area (Å²) >= 11 is 0. The van der Waals surface area contributed by atoms with Crippen LogP contribution in [0.15, 0.2) is 47.4 Å². The van der Waals surface area contributed by atoms with Crippen LogP contribution < -0.4 is 5.09 Å². The number of carbonyl (C=O) groups excluding carboxylic acids is 2. The Morgan fingerprint density at radius 1 is 1.25 bits per heavy atom. The molecule has 0 radical (unpaired) electrons.